The van der Waals surface area contributed by atoms with Crippen LogP contribution in [0.3, 0.4) is 0 Å². The molecule has 1 amide bonds. The Bertz CT molecular complexity index is 546. The zero-order chi connectivity index (χ0) is 15.6. The Kier molecular flexibility index (Phi) is 6.63. The van der Waals surface area contributed by atoms with Crippen LogP contribution in [0.25, 0.3) is 0 Å². The van der Waals surface area contributed by atoms with Crippen LogP contribution in [0.1, 0.15) is 71.6 Å². The molecule has 0 atom stereocenters. The van der Waals surface area contributed by atoms with Crippen molar-refractivity contribution in [3.05, 3.63) is 22.5 Å². The summed E-state index contributed by atoms with van der Waals surface area (Å²) in [4.78, 5) is 27.3. The number of nitrogens with two attached hydrogens (primary N) is 1. The number of rotatable bonds is 4. The summed E-state index contributed by atoms with van der Waals surface area (Å²) in [5.74, 6) is -0.105. The van der Waals surface area contributed by atoms with E-state index in [0.717, 1.165) is 36.9 Å². The molecule has 2 rings (SSSR count). The van der Waals surface area contributed by atoms with E-state index in [-0.39, 0.29) is 36.2 Å². The molecule has 1 aromatic heterocycles. The van der Waals surface area contributed by atoms with E-state index in [1.165, 1.54) is 0 Å². The summed E-state index contributed by atoms with van der Waals surface area (Å²) in [6, 6.07) is 0.452. The fraction of sp³-hybridized carbons (Fsp3) is 0.625. The van der Waals surface area contributed by atoms with Gasteiger partial charge in [0.1, 0.15) is 5.69 Å². The quantitative estimate of drug-likeness (QED) is 0.742. The first-order valence-electron chi connectivity index (χ1n) is 7.72. The third-order valence-corrected chi connectivity index (χ3v) is 4.33. The first-order valence-corrected chi connectivity index (χ1v) is 7.72. The van der Waals surface area contributed by atoms with Crippen LogP contribution in [-0.4, -0.2) is 28.8 Å². The van der Waals surface area contributed by atoms with Gasteiger partial charge in [0.2, 0.25) is 0 Å². The van der Waals surface area contributed by atoms with Gasteiger partial charge < -0.3 is 16.0 Å². The SMILES string of the molecule is CCc1c(C(=O)NC2CCC(N)CC2)[nH]c(C)c1C(C)=O.Cl. The van der Waals surface area contributed by atoms with Crippen molar-refractivity contribution < 1.29 is 9.59 Å². The first kappa shape index (κ1) is 18.7. The van der Waals surface area contributed by atoms with Crippen LogP contribution < -0.4 is 11.1 Å². The number of ketones is 1. The van der Waals surface area contributed by atoms with Crippen LogP contribution in [0.15, 0.2) is 0 Å². The monoisotopic (exact) mass is 327 g/mol. The maximum Gasteiger partial charge on any atom is 0.268 e. The van der Waals surface area contributed by atoms with E-state index in [1.807, 2.05) is 13.8 Å². The average Bonchev–Trinajstić information content (AvgIpc) is 2.78. The minimum absolute atomic E-state index is 0. The molecule has 5 nitrogen and oxygen atoms in total. The number of aromatic amines is 1. The van der Waals surface area contributed by atoms with E-state index >= 15 is 0 Å². The van der Waals surface area contributed by atoms with Crippen molar-refractivity contribution in [2.75, 3.05) is 0 Å². The van der Waals surface area contributed by atoms with Crippen molar-refractivity contribution in [1.82, 2.24) is 10.3 Å². The lowest BCUT2D eigenvalue weighted by Gasteiger charge is -2.26. The molecule has 0 radical (unpaired) electrons. The Morgan fingerprint density at radius 1 is 1.27 bits per heavy atom. The third-order valence-electron chi connectivity index (χ3n) is 4.33. The molecular formula is C16H26ClN3O2. The van der Waals surface area contributed by atoms with Gasteiger partial charge in [0, 0.05) is 23.3 Å². The first-order chi connectivity index (χ1) is 9.93. The topological polar surface area (TPSA) is 88.0 Å². The number of carbonyl (C=O) groups is 2. The third kappa shape index (κ3) is 3.90. The zero-order valence-electron chi connectivity index (χ0n) is 13.5. The maximum absolute atomic E-state index is 12.5. The van der Waals surface area contributed by atoms with Crippen LogP contribution in [0.2, 0.25) is 0 Å². The molecule has 0 aromatic carbocycles. The standard InChI is InChI=1S/C16H25N3O2.ClH/c1-4-13-14(10(3)20)9(2)18-15(13)16(21)19-12-7-5-11(17)6-8-12;/h11-12,18H,4-8,17H2,1-3H3,(H,19,21);1H. The van der Waals surface area contributed by atoms with Crippen molar-refractivity contribution in [3.8, 4) is 0 Å². The van der Waals surface area contributed by atoms with E-state index in [2.05, 4.69) is 10.3 Å². The molecule has 4 N–H and O–H groups in total. The van der Waals surface area contributed by atoms with Gasteiger partial charge in [0.15, 0.2) is 5.78 Å². The second kappa shape index (κ2) is 7.79. The number of hydrogen-bond donors (Lipinski definition) is 3. The molecule has 0 spiro atoms. The largest absolute Gasteiger partial charge is 0.354 e. The van der Waals surface area contributed by atoms with Gasteiger partial charge in [0.25, 0.3) is 5.91 Å². The lowest BCUT2D eigenvalue weighted by Crippen LogP contribution is -2.40. The molecule has 1 aliphatic carbocycles. The summed E-state index contributed by atoms with van der Waals surface area (Å²) in [7, 11) is 0. The maximum atomic E-state index is 12.5. The Labute approximate surface area is 137 Å². The number of carbonyl (C=O) groups excluding carboxylic acids is 2. The number of H-pyrrole nitrogens is 1. The summed E-state index contributed by atoms with van der Waals surface area (Å²) in [6.45, 7) is 5.34. The minimum Gasteiger partial charge on any atom is -0.354 e. The Hall–Kier alpha value is -1.33. The summed E-state index contributed by atoms with van der Waals surface area (Å²) >= 11 is 0. The predicted molar refractivity (Wildman–Crippen MR) is 89.9 cm³/mol. The van der Waals surface area contributed by atoms with E-state index in [4.69, 9.17) is 5.73 Å². The van der Waals surface area contributed by atoms with Gasteiger partial charge in [-0.3, -0.25) is 9.59 Å². The summed E-state index contributed by atoms with van der Waals surface area (Å²) in [5.41, 5.74) is 8.68. The van der Waals surface area contributed by atoms with Crippen LogP contribution in [0.4, 0.5) is 0 Å². The molecule has 0 saturated heterocycles. The molecule has 0 aliphatic heterocycles. The molecule has 1 fully saturated rings. The Balaban J connectivity index is 0.00000242. The van der Waals surface area contributed by atoms with Crippen molar-refractivity contribution >= 4 is 24.1 Å². The van der Waals surface area contributed by atoms with E-state index in [1.54, 1.807) is 6.92 Å². The highest BCUT2D eigenvalue weighted by atomic mass is 35.5. The number of hydrogen-bond acceptors (Lipinski definition) is 3. The zero-order valence-corrected chi connectivity index (χ0v) is 14.3. The molecule has 0 bridgehead atoms. The fourth-order valence-corrected chi connectivity index (χ4v) is 3.22. The number of aryl methyl sites for hydroxylation is 1. The molecule has 1 saturated carbocycles. The second-order valence-electron chi connectivity index (χ2n) is 5.97. The molecule has 1 heterocycles. The second-order valence-corrected chi connectivity index (χ2v) is 5.97. The van der Waals surface area contributed by atoms with Crippen molar-refractivity contribution in [3.63, 3.8) is 0 Å². The summed E-state index contributed by atoms with van der Waals surface area (Å²) in [6.07, 6.45) is 4.42. The van der Waals surface area contributed by atoms with Gasteiger partial charge in [-0.15, -0.1) is 12.4 Å². The number of halogens is 1. The van der Waals surface area contributed by atoms with E-state index in [0.29, 0.717) is 17.7 Å². The van der Waals surface area contributed by atoms with Crippen LogP contribution >= 0.6 is 12.4 Å². The summed E-state index contributed by atoms with van der Waals surface area (Å²) in [5, 5.41) is 3.07. The number of nitrogens with one attached hydrogen (secondary N) is 2. The van der Waals surface area contributed by atoms with Crippen LogP contribution in [0.5, 0.6) is 0 Å². The molecule has 1 aliphatic rings. The molecule has 6 heteroatoms. The van der Waals surface area contributed by atoms with Crippen molar-refractivity contribution in [1.29, 1.82) is 0 Å². The highest BCUT2D eigenvalue weighted by Gasteiger charge is 2.25. The highest BCUT2D eigenvalue weighted by Crippen LogP contribution is 2.22. The normalized spacial score (nSPS) is 21.1. The van der Waals surface area contributed by atoms with Gasteiger partial charge >= 0.3 is 0 Å². The fourth-order valence-electron chi connectivity index (χ4n) is 3.22. The average molecular weight is 328 g/mol. The molecule has 22 heavy (non-hydrogen) atoms. The van der Waals surface area contributed by atoms with Crippen LogP contribution in [0, 0.1) is 6.92 Å². The van der Waals surface area contributed by atoms with Gasteiger partial charge in [-0.25, -0.2) is 0 Å². The highest BCUT2D eigenvalue weighted by molar-refractivity contribution is 6.02. The Morgan fingerprint density at radius 2 is 1.86 bits per heavy atom. The van der Waals surface area contributed by atoms with Crippen LogP contribution in [-0.2, 0) is 6.42 Å². The predicted octanol–water partition coefficient (Wildman–Crippen LogP) is 2.51. The van der Waals surface area contributed by atoms with Crippen molar-refractivity contribution in [2.24, 2.45) is 5.73 Å². The number of amides is 1. The molecule has 0 unspecified atom stereocenters. The molecule has 1 aromatic rings. The Morgan fingerprint density at radius 3 is 2.36 bits per heavy atom. The lowest BCUT2D eigenvalue weighted by atomic mass is 9.91. The van der Waals surface area contributed by atoms with Crippen molar-refractivity contribution in [2.45, 2.75) is 65.0 Å². The smallest absolute Gasteiger partial charge is 0.268 e. The van der Waals surface area contributed by atoms with E-state index < -0.39 is 0 Å². The summed E-state index contributed by atoms with van der Waals surface area (Å²) < 4.78 is 0. The number of aromatic nitrogens is 1. The van der Waals surface area contributed by atoms with Gasteiger partial charge in [-0.1, -0.05) is 6.92 Å². The van der Waals surface area contributed by atoms with Gasteiger partial charge in [-0.05, 0) is 51.5 Å². The lowest BCUT2D eigenvalue weighted by molar-refractivity contribution is 0.0920. The molecular weight excluding hydrogens is 302 g/mol. The number of Topliss-reactive ketones (excluding diaryl/α,β-unsaturated/α-hetero) is 1. The van der Waals surface area contributed by atoms with Gasteiger partial charge in [-0.2, -0.15) is 0 Å². The van der Waals surface area contributed by atoms with E-state index in [9.17, 15) is 9.59 Å². The van der Waals surface area contributed by atoms with Gasteiger partial charge in [0.05, 0.1) is 0 Å². The minimum atomic E-state index is -0.108. The molecule has 124 valence electrons.